The molecule has 7 nitrogen and oxygen atoms in total. The molecule has 0 aliphatic heterocycles. The lowest BCUT2D eigenvalue weighted by atomic mass is 10.1. The third-order valence-corrected chi connectivity index (χ3v) is 4.79. The van der Waals surface area contributed by atoms with Crippen molar-refractivity contribution >= 4 is 37.3 Å². The molecule has 0 fully saturated rings. The number of halogens is 1. The van der Waals surface area contributed by atoms with Gasteiger partial charge in [-0.1, -0.05) is 12.1 Å². The minimum Gasteiger partial charge on any atom is -0.378 e. The van der Waals surface area contributed by atoms with Crippen molar-refractivity contribution in [3.05, 3.63) is 62.6 Å². The fourth-order valence-electron chi connectivity index (χ4n) is 2.01. The predicted molar refractivity (Wildman–Crippen MR) is 90.6 cm³/mol. The molecule has 0 amide bonds. The number of nitrogens with one attached hydrogen (secondary N) is 1. The minimum atomic E-state index is -3.77. The molecular formula is C14H14BrN3O4S. The number of nitrogens with zero attached hydrogens (tertiary/aromatic N) is 1. The number of nitro groups is 1. The Morgan fingerprint density at radius 1 is 1.26 bits per heavy atom. The fourth-order valence-corrected chi connectivity index (χ4v) is 3.06. The van der Waals surface area contributed by atoms with E-state index in [1.54, 1.807) is 18.2 Å². The molecule has 23 heavy (non-hydrogen) atoms. The van der Waals surface area contributed by atoms with Gasteiger partial charge >= 0.3 is 0 Å². The third-order valence-electron chi connectivity index (χ3n) is 3.22. The third kappa shape index (κ3) is 4.27. The number of benzene rings is 2. The second kappa shape index (κ2) is 6.65. The second-order valence-corrected chi connectivity index (χ2v) is 7.32. The molecule has 0 saturated heterocycles. The molecule has 0 aliphatic carbocycles. The molecule has 3 N–H and O–H groups in total. The quantitative estimate of drug-likeness (QED) is 0.591. The van der Waals surface area contributed by atoms with Crippen LogP contribution in [0.1, 0.15) is 18.5 Å². The summed E-state index contributed by atoms with van der Waals surface area (Å²) in [5, 5.41) is 19.0. The Bertz CT molecular complexity index is 855. The minimum absolute atomic E-state index is 0.0219. The first-order valence-electron chi connectivity index (χ1n) is 6.51. The van der Waals surface area contributed by atoms with Crippen molar-refractivity contribution in [3.63, 3.8) is 0 Å². The van der Waals surface area contributed by atoms with Gasteiger partial charge in [0.2, 0.25) is 10.0 Å². The molecular weight excluding hydrogens is 386 g/mol. The average Bonchev–Trinajstić information content (AvgIpc) is 2.48. The molecule has 0 radical (unpaired) electrons. The monoisotopic (exact) mass is 399 g/mol. The van der Waals surface area contributed by atoms with Gasteiger partial charge in [0.15, 0.2) is 0 Å². The maximum Gasteiger partial charge on any atom is 0.270 e. The normalized spacial score (nSPS) is 12.7. The van der Waals surface area contributed by atoms with Crippen molar-refractivity contribution < 1.29 is 13.3 Å². The molecule has 1 atom stereocenters. The summed E-state index contributed by atoms with van der Waals surface area (Å²) in [6, 6.07) is 10.4. The van der Waals surface area contributed by atoms with Gasteiger partial charge in [-0.2, -0.15) is 0 Å². The largest absolute Gasteiger partial charge is 0.378 e. The summed E-state index contributed by atoms with van der Waals surface area (Å²) in [5.41, 5.74) is 1.36. The Balaban J connectivity index is 2.26. The number of primary sulfonamides is 1. The number of sulfonamides is 1. The van der Waals surface area contributed by atoms with Gasteiger partial charge in [-0.3, -0.25) is 10.1 Å². The highest BCUT2D eigenvalue weighted by atomic mass is 79.9. The van der Waals surface area contributed by atoms with Gasteiger partial charge in [0.25, 0.3) is 5.69 Å². The van der Waals surface area contributed by atoms with Gasteiger partial charge in [0, 0.05) is 28.3 Å². The zero-order chi connectivity index (χ0) is 17.2. The van der Waals surface area contributed by atoms with Crippen molar-refractivity contribution in [1.29, 1.82) is 0 Å². The van der Waals surface area contributed by atoms with Crippen molar-refractivity contribution in [2.45, 2.75) is 17.9 Å². The van der Waals surface area contributed by atoms with Crippen LogP contribution in [0.5, 0.6) is 0 Å². The Kier molecular flexibility index (Phi) is 5.03. The molecule has 2 rings (SSSR count). The van der Waals surface area contributed by atoms with Crippen molar-refractivity contribution in [2.24, 2.45) is 5.14 Å². The summed E-state index contributed by atoms with van der Waals surface area (Å²) < 4.78 is 23.4. The van der Waals surface area contributed by atoms with Crippen LogP contribution in [0.4, 0.5) is 11.4 Å². The van der Waals surface area contributed by atoms with Crippen LogP contribution in [0.2, 0.25) is 0 Å². The molecule has 2 aromatic rings. The van der Waals surface area contributed by atoms with E-state index in [-0.39, 0.29) is 16.6 Å². The van der Waals surface area contributed by atoms with E-state index in [4.69, 9.17) is 5.14 Å². The first kappa shape index (κ1) is 17.4. The van der Waals surface area contributed by atoms with Gasteiger partial charge in [0.1, 0.15) is 0 Å². The number of hydrogen-bond acceptors (Lipinski definition) is 5. The Hall–Kier alpha value is -1.97. The van der Waals surface area contributed by atoms with Crippen LogP contribution < -0.4 is 10.5 Å². The Labute approximate surface area is 141 Å². The van der Waals surface area contributed by atoms with Crippen LogP contribution >= 0.6 is 15.9 Å². The van der Waals surface area contributed by atoms with Gasteiger partial charge in [-0.05, 0) is 46.6 Å². The summed E-state index contributed by atoms with van der Waals surface area (Å²) in [6.07, 6.45) is 0. The SMILES string of the molecule is CC(Nc1ccc([N+](=O)[O-])cc1Br)c1cccc(S(N)(=O)=O)c1. The lowest BCUT2D eigenvalue weighted by Crippen LogP contribution is -2.13. The molecule has 9 heteroatoms. The van der Waals surface area contributed by atoms with Crippen molar-refractivity contribution in [1.82, 2.24) is 0 Å². The molecule has 0 heterocycles. The summed E-state index contributed by atoms with van der Waals surface area (Å²) in [4.78, 5) is 10.3. The number of hydrogen-bond donors (Lipinski definition) is 2. The van der Waals surface area contributed by atoms with E-state index in [0.717, 1.165) is 5.56 Å². The molecule has 0 aliphatic rings. The van der Waals surface area contributed by atoms with Crippen molar-refractivity contribution in [3.8, 4) is 0 Å². The second-order valence-electron chi connectivity index (χ2n) is 4.90. The summed E-state index contributed by atoms with van der Waals surface area (Å²) >= 11 is 3.28. The number of anilines is 1. The number of non-ortho nitro benzene ring substituents is 1. The molecule has 0 bridgehead atoms. The molecule has 0 aromatic heterocycles. The van der Waals surface area contributed by atoms with E-state index < -0.39 is 14.9 Å². The van der Waals surface area contributed by atoms with E-state index >= 15 is 0 Å². The lowest BCUT2D eigenvalue weighted by molar-refractivity contribution is -0.384. The average molecular weight is 400 g/mol. The molecule has 0 saturated carbocycles. The standard InChI is InChI=1S/C14H14BrN3O4S/c1-9(10-3-2-4-12(7-10)23(16,21)22)17-14-6-5-11(18(19)20)8-13(14)15/h2-9,17H,1H3,(H2,16,21,22). The number of nitrogens with two attached hydrogens (primary N) is 1. The van der Waals surface area contributed by atoms with Crippen LogP contribution in [-0.2, 0) is 10.0 Å². The van der Waals surface area contributed by atoms with E-state index in [1.807, 2.05) is 6.92 Å². The lowest BCUT2D eigenvalue weighted by Gasteiger charge is -2.17. The number of rotatable bonds is 5. The zero-order valence-corrected chi connectivity index (χ0v) is 14.5. The highest BCUT2D eigenvalue weighted by molar-refractivity contribution is 9.10. The summed E-state index contributed by atoms with van der Waals surface area (Å²) in [6.45, 7) is 1.84. The summed E-state index contributed by atoms with van der Waals surface area (Å²) in [7, 11) is -3.77. The molecule has 0 spiro atoms. The maximum atomic E-state index is 11.4. The highest BCUT2D eigenvalue weighted by Gasteiger charge is 2.14. The van der Waals surface area contributed by atoms with E-state index in [0.29, 0.717) is 10.2 Å². The van der Waals surface area contributed by atoms with E-state index in [9.17, 15) is 18.5 Å². The van der Waals surface area contributed by atoms with Gasteiger partial charge < -0.3 is 5.32 Å². The van der Waals surface area contributed by atoms with Crippen molar-refractivity contribution in [2.75, 3.05) is 5.32 Å². The van der Waals surface area contributed by atoms with Crippen LogP contribution in [0, 0.1) is 10.1 Å². The maximum absolute atomic E-state index is 11.4. The number of nitro benzene ring substituents is 1. The Morgan fingerprint density at radius 3 is 2.52 bits per heavy atom. The first-order valence-corrected chi connectivity index (χ1v) is 8.85. The predicted octanol–water partition coefficient (Wildman–Crippen LogP) is 3.18. The molecule has 2 aromatic carbocycles. The van der Waals surface area contributed by atoms with E-state index in [1.165, 1.54) is 24.3 Å². The van der Waals surface area contributed by atoms with E-state index in [2.05, 4.69) is 21.2 Å². The van der Waals surface area contributed by atoms with Crippen LogP contribution in [-0.4, -0.2) is 13.3 Å². The summed E-state index contributed by atoms with van der Waals surface area (Å²) in [5.74, 6) is 0. The molecule has 1 unspecified atom stereocenters. The fraction of sp³-hybridized carbons (Fsp3) is 0.143. The smallest absolute Gasteiger partial charge is 0.270 e. The first-order chi connectivity index (χ1) is 10.7. The molecule has 122 valence electrons. The van der Waals surface area contributed by atoms with Gasteiger partial charge in [0.05, 0.1) is 9.82 Å². The zero-order valence-electron chi connectivity index (χ0n) is 12.1. The highest BCUT2D eigenvalue weighted by Crippen LogP contribution is 2.30. The topological polar surface area (TPSA) is 115 Å². The van der Waals surface area contributed by atoms with Gasteiger partial charge in [-0.15, -0.1) is 0 Å². The Morgan fingerprint density at radius 2 is 1.96 bits per heavy atom. The van der Waals surface area contributed by atoms with Crippen LogP contribution in [0.25, 0.3) is 0 Å². The van der Waals surface area contributed by atoms with Gasteiger partial charge in [-0.25, -0.2) is 13.6 Å². The van der Waals surface area contributed by atoms with Crippen LogP contribution in [0.15, 0.2) is 51.8 Å². The van der Waals surface area contributed by atoms with Crippen LogP contribution in [0.3, 0.4) is 0 Å².